The van der Waals surface area contributed by atoms with Gasteiger partial charge < -0.3 is 5.32 Å². The average Bonchev–Trinajstić information content (AvgIpc) is 2.88. The molecule has 0 fully saturated rings. The zero-order chi connectivity index (χ0) is 14.0. The van der Waals surface area contributed by atoms with Crippen LogP contribution in [0.15, 0.2) is 18.5 Å². The summed E-state index contributed by atoms with van der Waals surface area (Å²) in [6.07, 6.45) is 3.55. The zero-order valence-electron chi connectivity index (χ0n) is 11.1. The van der Waals surface area contributed by atoms with Crippen molar-refractivity contribution in [2.45, 2.75) is 26.4 Å². The number of hydrogen-bond donors (Lipinski definition) is 1. The highest BCUT2D eigenvalue weighted by atomic mass is 16.6. The summed E-state index contributed by atoms with van der Waals surface area (Å²) < 4.78 is 3.26. The molecule has 8 nitrogen and oxygen atoms in total. The van der Waals surface area contributed by atoms with Gasteiger partial charge in [0.1, 0.15) is 5.69 Å². The molecule has 0 bridgehead atoms. The molecule has 0 aliphatic rings. The van der Waals surface area contributed by atoms with Gasteiger partial charge in [-0.05, 0) is 19.9 Å². The maximum atomic E-state index is 11.0. The van der Waals surface area contributed by atoms with Gasteiger partial charge in [0.2, 0.25) is 5.82 Å². The van der Waals surface area contributed by atoms with Gasteiger partial charge >= 0.3 is 5.69 Å². The summed E-state index contributed by atoms with van der Waals surface area (Å²) in [6.45, 7) is 4.18. The quantitative estimate of drug-likeness (QED) is 0.650. The second kappa shape index (κ2) is 5.09. The predicted octanol–water partition coefficient (Wildman–Crippen LogP) is 1.33. The van der Waals surface area contributed by atoms with Crippen LogP contribution in [0.1, 0.15) is 12.6 Å². The molecule has 0 radical (unpaired) electrons. The Bertz CT molecular complexity index is 574. The second-order valence-electron chi connectivity index (χ2n) is 4.44. The molecule has 102 valence electrons. The Hall–Kier alpha value is -2.38. The monoisotopic (exact) mass is 264 g/mol. The van der Waals surface area contributed by atoms with Crippen molar-refractivity contribution in [3.05, 3.63) is 34.3 Å². The average molecular weight is 264 g/mol. The Labute approximate surface area is 110 Å². The van der Waals surface area contributed by atoms with Crippen molar-refractivity contribution < 1.29 is 4.92 Å². The van der Waals surface area contributed by atoms with Gasteiger partial charge in [-0.1, -0.05) is 0 Å². The topological polar surface area (TPSA) is 90.8 Å². The molecule has 0 aromatic carbocycles. The van der Waals surface area contributed by atoms with Crippen molar-refractivity contribution in [3.63, 3.8) is 0 Å². The van der Waals surface area contributed by atoms with Gasteiger partial charge in [-0.3, -0.25) is 14.8 Å². The van der Waals surface area contributed by atoms with Gasteiger partial charge in [0.25, 0.3) is 0 Å². The van der Waals surface area contributed by atoms with Crippen LogP contribution >= 0.6 is 0 Å². The zero-order valence-corrected chi connectivity index (χ0v) is 11.1. The third kappa shape index (κ3) is 2.72. The first-order valence-electron chi connectivity index (χ1n) is 5.91. The van der Waals surface area contributed by atoms with Crippen LogP contribution in [0.4, 0.5) is 11.5 Å². The molecular formula is C11H16N6O2. The fraction of sp³-hybridized carbons (Fsp3) is 0.455. The summed E-state index contributed by atoms with van der Waals surface area (Å²) in [7, 11) is 1.68. The van der Waals surface area contributed by atoms with E-state index in [1.165, 1.54) is 4.68 Å². The van der Waals surface area contributed by atoms with Crippen molar-refractivity contribution in [1.29, 1.82) is 0 Å². The highest BCUT2D eigenvalue weighted by Crippen LogP contribution is 2.27. The van der Waals surface area contributed by atoms with E-state index in [1.807, 2.05) is 19.2 Å². The number of aryl methyl sites for hydroxylation is 2. The van der Waals surface area contributed by atoms with E-state index in [9.17, 15) is 10.1 Å². The summed E-state index contributed by atoms with van der Waals surface area (Å²) in [4.78, 5) is 10.6. The second-order valence-corrected chi connectivity index (χ2v) is 4.44. The van der Waals surface area contributed by atoms with E-state index in [-0.39, 0.29) is 11.7 Å². The summed E-state index contributed by atoms with van der Waals surface area (Å²) >= 11 is 0. The first kappa shape index (κ1) is 13.1. The molecule has 0 aliphatic carbocycles. The molecule has 8 heteroatoms. The van der Waals surface area contributed by atoms with Crippen LogP contribution in [-0.2, 0) is 13.6 Å². The molecule has 1 N–H and O–H groups in total. The van der Waals surface area contributed by atoms with Crippen LogP contribution in [-0.4, -0.2) is 30.5 Å². The fourth-order valence-electron chi connectivity index (χ4n) is 2.00. The van der Waals surface area contributed by atoms with Crippen molar-refractivity contribution >= 4 is 11.5 Å². The van der Waals surface area contributed by atoms with Crippen LogP contribution in [0, 0.1) is 17.0 Å². The number of aromatic nitrogens is 4. The number of nitrogens with zero attached hydrogens (tertiary/aromatic N) is 5. The van der Waals surface area contributed by atoms with Gasteiger partial charge in [0.05, 0.1) is 11.5 Å². The lowest BCUT2D eigenvalue weighted by atomic mass is 10.3. The lowest BCUT2D eigenvalue weighted by Gasteiger charge is -2.14. The van der Waals surface area contributed by atoms with Crippen molar-refractivity contribution in [2.75, 3.05) is 5.32 Å². The molecule has 0 spiro atoms. The summed E-state index contributed by atoms with van der Waals surface area (Å²) in [5.41, 5.74) is 0.427. The smallest absolute Gasteiger partial charge is 0.333 e. The van der Waals surface area contributed by atoms with Crippen molar-refractivity contribution in [1.82, 2.24) is 19.6 Å². The van der Waals surface area contributed by atoms with E-state index >= 15 is 0 Å². The first-order valence-corrected chi connectivity index (χ1v) is 5.91. The van der Waals surface area contributed by atoms with E-state index < -0.39 is 4.92 Å². The van der Waals surface area contributed by atoms with Crippen LogP contribution < -0.4 is 5.32 Å². The minimum atomic E-state index is -0.411. The fourth-order valence-corrected chi connectivity index (χ4v) is 2.00. The van der Waals surface area contributed by atoms with E-state index in [1.54, 1.807) is 24.9 Å². The molecule has 2 rings (SSSR count). The van der Waals surface area contributed by atoms with Gasteiger partial charge in [-0.2, -0.15) is 10.2 Å². The SMILES string of the molecule is Cc1nn(C)c(NC(C)Cn2cccn2)c1[N+](=O)[O-]. The normalized spacial score (nSPS) is 12.4. The number of nitro groups is 1. The van der Waals surface area contributed by atoms with Crippen LogP contribution in [0.2, 0.25) is 0 Å². The Kier molecular flexibility index (Phi) is 3.50. The predicted molar refractivity (Wildman–Crippen MR) is 69.9 cm³/mol. The van der Waals surface area contributed by atoms with E-state index in [2.05, 4.69) is 15.5 Å². The molecule has 2 aromatic heterocycles. The molecule has 0 saturated heterocycles. The molecule has 2 aromatic rings. The first-order chi connectivity index (χ1) is 8.99. The summed E-state index contributed by atoms with van der Waals surface area (Å²) in [5, 5.41) is 22.3. The number of rotatable bonds is 5. The Morgan fingerprint density at radius 2 is 2.32 bits per heavy atom. The number of hydrogen-bond acceptors (Lipinski definition) is 5. The van der Waals surface area contributed by atoms with Crippen molar-refractivity contribution in [3.8, 4) is 0 Å². The molecule has 0 amide bonds. The van der Waals surface area contributed by atoms with Crippen molar-refractivity contribution in [2.24, 2.45) is 7.05 Å². The maximum absolute atomic E-state index is 11.0. The number of nitrogens with one attached hydrogen (secondary N) is 1. The third-order valence-corrected chi connectivity index (χ3v) is 2.78. The highest BCUT2D eigenvalue weighted by molar-refractivity contribution is 5.59. The lowest BCUT2D eigenvalue weighted by Crippen LogP contribution is -2.24. The minimum absolute atomic E-state index is 0.00611. The van der Waals surface area contributed by atoms with E-state index in [4.69, 9.17) is 0 Å². The minimum Gasteiger partial charge on any atom is -0.360 e. The van der Waals surface area contributed by atoms with E-state index in [0.29, 0.717) is 18.1 Å². The summed E-state index contributed by atoms with van der Waals surface area (Å²) in [5.74, 6) is 0.419. The highest BCUT2D eigenvalue weighted by Gasteiger charge is 2.24. The molecular weight excluding hydrogens is 248 g/mol. The van der Waals surface area contributed by atoms with E-state index in [0.717, 1.165) is 0 Å². The molecule has 1 atom stereocenters. The van der Waals surface area contributed by atoms with Gasteiger partial charge in [-0.15, -0.1) is 0 Å². The van der Waals surface area contributed by atoms with Gasteiger partial charge in [0, 0.05) is 25.5 Å². The van der Waals surface area contributed by atoms with Crippen LogP contribution in [0.3, 0.4) is 0 Å². The Morgan fingerprint density at radius 1 is 1.58 bits per heavy atom. The standard InChI is InChI=1S/C11H16N6O2/c1-8(7-16-6-4-5-12-16)13-11-10(17(18)19)9(2)14-15(11)3/h4-6,8,13H,7H2,1-3H3. The van der Waals surface area contributed by atoms with Crippen LogP contribution in [0.5, 0.6) is 0 Å². The number of anilines is 1. The largest absolute Gasteiger partial charge is 0.360 e. The Morgan fingerprint density at radius 3 is 2.89 bits per heavy atom. The third-order valence-electron chi connectivity index (χ3n) is 2.78. The lowest BCUT2D eigenvalue weighted by molar-refractivity contribution is -0.384. The van der Waals surface area contributed by atoms with Gasteiger partial charge in [0.15, 0.2) is 0 Å². The molecule has 0 aliphatic heterocycles. The maximum Gasteiger partial charge on any atom is 0.333 e. The van der Waals surface area contributed by atoms with Crippen LogP contribution in [0.25, 0.3) is 0 Å². The molecule has 2 heterocycles. The molecule has 0 saturated carbocycles. The van der Waals surface area contributed by atoms with Gasteiger partial charge in [-0.25, -0.2) is 4.68 Å². The Balaban J connectivity index is 2.16. The molecule has 1 unspecified atom stereocenters. The molecule has 19 heavy (non-hydrogen) atoms. The summed E-state index contributed by atoms with van der Waals surface area (Å²) in [6, 6.07) is 1.83.